The lowest BCUT2D eigenvalue weighted by molar-refractivity contribution is -0.384. The molecule has 0 atom stereocenters. The standard InChI is InChI=1S/C20H25N3O4S/c1-15-10-16(2)12-17(11-15)14-21-6-8-22(9-7-21)19-5-4-18(28(3,26)27)13-20(19)23(24)25/h4-5,10-13H,6-9,14H2,1-3H3. The summed E-state index contributed by atoms with van der Waals surface area (Å²) in [6.07, 6.45) is 1.05. The van der Waals surface area contributed by atoms with Gasteiger partial charge in [-0.25, -0.2) is 8.42 Å². The van der Waals surface area contributed by atoms with Gasteiger partial charge in [-0.1, -0.05) is 29.3 Å². The number of benzene rings is 2. The second-order valence-corrected chi connectivity index (χ2v) is 9.45. The fourth-order valence-corrected chi connectivity index (χ4v) is 4.35. The molecule has 2 aromatic rings. The van der Waals surface area contributed by atoms with E-state index in [0.29, 0.717) is 18.8 Å². The number of nitrogens with zero attached hydrogens (tertiary/aromatic N) is 3. The molecule has 7 nitrogen and oxygen atoms in total. The molecule has 0 aliphatic carbocycles. The molecule has 0 spiro atoms. The molecule has 0 amide bonds. The van der Waals surface area contributed by atoms with Crippen LogP contribution >= 0.6 is 0 Å². The molecule has 150 valence electrons. The smallest absolute Gasteiger partial charge is 0.293 e. The average molecular weight is 404 g/mol. The van der Waals surface area contributed by atoms with Gasteiger partial charge >= 0.3 is 0 Å². The Morgan fingerprint density at radius 1 is 1.00 bits per heavy atom. The van der Waals surface area contributed by atoms with Gasteiger partial charge in [-0.15, -0.1) is 0 Å². The van der Waals surface area contributed by atoms with Crippen molar-refractivity contribution in [2.24, 2.45) is 0 Å². The Bertz CT molecular complexity index is 976. The maximum Gasteiger partial charge on any atom is 0.293 e. The van der Waals surface area contributed by atoms with Gasteiger partial charge in [0.2, 0.25) is 0 Å². The zero-order valence-corrected chi connectivity index (χ0v) is 17.2. The average Bonchev–Trinajstić information content (AvgIpc) is 2.60. The van der Waals surface area contributed by atoms with Crippen molar-refractivity contribution >= 4 is 21.2 Å². The van der Waals surface area contributed by atoms with Gasteiger partial charge in [0, 0.05) is 45.0 Å². The summed E-state index contributed by atoms with van der Waals surface area (Å²) in [4.78, 5) is 15.2. The van der Waals surface area contributed by atoms with Gasteiger partial charge in [-0.05, 0) is 31.5 Å². The first kappa shape index (κ1) is 20.3. The molecule has 1 aliphatic heterocycles. The maximum absolute atomic E-state index is 11.7. The van der Waals surface area contributed by atoms with E-state index in [0.717, 1.165) is 32.0 Å². The molecular weight excluding hydrogens is 378 g/mol. The van der Waals surface area contributed by atoms with Crippen LogP contribution in [-0.2, 0) is 16.4 Å². The Kier molecular flexibility index (Phi) is 5.71. The lowest BCUT2D eigenvalue weighted by atomic mass is 10.1. The van der Waals surface area contributed by atoms with Gasteiger partial charge in [-0.2, -0.15) is 0 Å². The van der Waals surface area contributed by atoms with E-state index in [-0.39, 0.29) is 10.6 Å². The van der Waals surface area contributed by atoms with Crippen LogP contribution in [0.1, 0.15) is 16.7 Å². The van der Waals surface area contributed by atoms with Crippen molar-refractivity contribution in [3.63, 3.8) is 0 Å². The maximum atomic E-state index is 11.7. The predicted molar refractivity (Wildman–Crippen MR) is 110 cm³/mol. The summed E-state index contributed by atoms with van der Waals surface area (Å²) >= 11 is 0. The molecule has 0 aromatic heterocycles. The topological polar surface area (TPSA) is 83.8 Å². The summed E-state index contributed by atoms with van der Waals surface area (Å²) in [5, 5.41) is 11.5. The highest BCUT2D eigenvalue weighted by molar-refractivity contribution is 7.90. The third-order valence-corrected chi connectivity index (χ3v) is 6.08. The van der Waals surface area contributed by atoms with Gasteiger partial charge in [0.1, 0.15) is 5.69 Å². The molecule has 3 rings (SSSR count). The van der Waals surface area contributed by atoms with E-state index in [1.165, 1.54) is 22.8 Å². The summed E-state index contributed by atoms with van der Waals surface area (Å²) in [7, 11) is -3.49. The van der Waals surface area contributed by atoms with E-state index >= 15 is 0 Å². The fraction of sp³-hybridized carbons (Fsp3) is 0.400. The molecular formula is C20H25N3O4S. The summed E-state index contributed by atoms with van der Waals surface area (Å²) < 4.78 is 23.4. The summed E-state index contributed by atoms with van der Waals surface area (Å²) in [5.41, 5.74) is 4.08. The van der Waals surface area contributed by atoms with Gasteiger partial charge in [-0.3, -0.25) is 15.0 Å². The van der Waals surface area contributed by atoms with Crippen LogP contribution in [0.15, 0.2) is 41.3 Å². The van der Waals surface area contributed by atoms with Gasteiger partial charge in [0.05, 0.1) is 9.82 Å². The molecule has 0 saturated carbocycles. The SMILES string of the molecule is Cc1cc(C)cc(CN2CCN(c3ccc(S(C)(=O)=O)cc3[N+](=O)[O-])CC2)c1. The van der Waals surface area contributed by atoms with Crippen LogP contribution in [0.5, 0.6) is 0 Å². The highest BCUT2D eigenvalue weighted by Gasteiger charge is 2.25. The van der Waals surface area contributed by atoms with Crippen molar-refractivity contribution in [2.75, 3.05) is 37.3 Å². The van der Waals surface area contributed by atoms with Crippen molar-refractivity contribution in [3.8, 4) is 0 Å². The summed E-state index contributed by atoms with van der Waals surface area (Å²) in [6.45, 7) is 7.93. The largest absolute Gasteiger partial charge is 0.363 e. The van der Waals surface area contributed by atoms with Crippen molar-refractivity contribution in [1.29, 1.82) is 0 Å². The van der Waals surface area contributed by atoms with E-state index in [9.17, 15) is 18.5 Å². The summed E-state index contributed by atoms with van der Waals surface area (Å²) in [5.74, 6) is 0. The number of hydrogen-bond acceptors (Lipinski definition) is 6. The van der Waals surface area contributed by atoms with Crippen molar-refractivity contribution in [2.45, 2.75) is 25.3 Å². The Morgan fingerprint density at radius 2 is 1.61 bits per heavy atom. The van der Waals surface area contributed by atoms with Crippen LogP contribution in [-0.4, -0.2) is 50.7 Å². The third kappa shape index (κ3) is 4.69. The van der Waals surface area contributed by atoms with Gasteiger partial charge in [0.15, 0.2) is 9.84 Å². The molecule has 1 aliphatic rings. The zero-order valence-electron chi connectivity index (χ0n) is 16.4. The molecule has 1 heterocycles. The van der Waals surface area contributed by atoms with Crippen LogP contribution in [0.4, 0.5) is 11.4 Å². The molecule has 8 heteroatoms. The van der Waals surface area contributed by atoms with Crippen LogP contribution < -0.4 is 4.90 Å². The minimum Gasteiger partial charge on any atom is -0.363 e. The van der Waals surface area contributed by atoms with Crippen molar-refractivity contribution in [1.82, 2.24) is 4.90 Å². The number of piperazine rings is 1. The third-order valence-electron chi connectivity index (χ3n) is 4.97. The first-order valence-corrected chi connectivity index (χ1v) is 11.1. The number of hydrogen-bond donors (Lipinski definition) is 0. The second-order valence-electron chi connectivity index (χ2n) is 7.44. The fourth-order valence-electron chi connectivity index (χ4n) is 3.71. The molecule has 1 saturated heterocycles. The Hall–Kier alpha value is -2.45. The van der Waals surface area contributed by atoms with Crippen LogP contribution in [0.2, 0.25) is 0 Å². The quantitative estimate of drug-likeness (QED) is 0.564. The number of anilines is 1. The first-order valence-electron chi connectivity index (χ1n) is 9.16. The van der Waals surface area contributed by atoms with E-state index in [4.69, 9.17) is 0 Å². The predicted octanol–water partition coefficient (Wildman–Crippen LogP) is 2.94. The van der Waals surface area contributed by atoms with Crippen LogP contribution in [0.3, 0.4) is 0 Å². The highest BCUT2D eigenvalue weighted by atomic mass is 32.2. The number of rotatable bonds is 5. The van der Waals surface area contributed by atoms with E-state index in [1.54, 1.807) is 6.07 Å². The molecule has 0 N–H and O–H groups in total. The highest BCUT2D eigenvalue weighted by Crippen LogP contribution is 2.31. The zero-order chi connectivity index (χ0) is 20.5. The van der Waals surface area contributed by atoms with Crippen molar-refractivity contribution in [3.05, 3.63) is 63.2 Å². The molecule has 28 heavy (non-hydrogen) atoms. The number of nitro groups is 1. The number of nitro benzene ring substituents is 1. The Balaban J connectivity index is 1.73. The summed E-state index contributed by atoms with van der Waals surface area (Å²) in [6, 6.07) is 10.7. The minimum atomic E-state index is -3.49. The molecule has 2 aromatic carbocycles. The lowest BCUT2D eigenvalue weighted by Crippen LogP contribution is -2.46. The molecule has 1 fully saturated rings. The van der Waals surface area contributed by atoms with E-state index < -0.39 is 14.8 Å². The van der Waals surface area contributed by atoms with Crippen LogP contribution in [0.25, 0.3) is 0 Å². The van der Waals surface area contributed by atoms with E-state index in [1.807, 2.05) is 4.90 Å². The normalized spacial score (nSPS) is 15.6. The minimum absolute atomic E-state index is 0.0311. The van der Waals surface area contributed by atoms with Gasteiger partial charge in [0.25, 0.3) is 5.69 Å². The number of sulfone groups is 1. The second kappa shape index (κ2) is 7.89. The molecule has 0 unspecified atom stereocenters. The van der Waals surface area contributed by atoms with Crippen LogP contribution in [0, 0.1) is 24.0 Å². The Morgan fingerprint density at radius 3 is 2.14 bits per heavy atom. The lowest BCUT2D eigenvalue weighted by Gasteiger charge is -2.36. The number of aryl methyl sites for hydroxylation is 2. The van der Waals surface area contributed by atoms with Gasteiger partial charge < -0.3 is 4.90 Å². The monoisotopic (exact) mass is 403 g/mol. The Labute approximate surface area is 165 Å². The first-order chi connectivity index (χ1) is 13.1. The molecule has 0 bridgehead atoms. The molecule has 0 radical (unpaired) electrons. The van der Waals surface area contributed by atoms with Crippen molar-refractivity contribution < 1.29 is 13.3 Å². The van der Waals surface area contributed by atoms with E-state index in [2.05, 4.69) is 36.9 Å².